The molecule has 3 heteroatoms. The van der Waals surface area contributed by atoms with Gasteiger partial charge in [-0.25, -0.2) is 9.69 Å². The first-order valence-corrected chi connectivity index (χ1v) is 5.78. The van der Waals surface area contributed by atoms with Crippen molar-refractivity contribution in [2.75, 3.05) is 13.2 Å². The number of hydrogen-bond acceptors (Lipinski definition) is 2. The Kier molecular flexibility index (Phi) is 2.62. The van der Waals surface area contributed by atoms with Crippen molar-refractivity contribution < 1.29 is 9.53 Å². The molecule has 1 fully saturated rings. The summed E-state index contributed by atoms with van der Waals surface area (Å²) in [5, 5.41) is 2.33. The van der Waals surface area contributed by atoms with Crippen LogP contribution in [-0.2, 0) is 4.74 Å². The Morgan fingerprint density at radius 1 is 1.11 bits per heavy atom. The molecule has 0 aromatic heterocycles. The summed E-state index contributed by atoms with van der Waals surface area (Å²) in [5.74, 6) is 2.98. The number of amides is 1. The van der Waals surface area contributed by atoms with E-state index in [4.69, 9.17) is 4.74 Å². The van der Waals surface area contributed by atoms with Gasteiger partial charge in [-0.05, 0) is 28.8 Å². The second-order valence-electron chi connectivity index (χ2n) is 4.06. The molecule has 1 aliphatic heterocycles. The average molecular weight is 237 g/mol. The van der Waals surface area contributed by atoms with Crippen LogP contribution in [-0.4, -0.2) is 24.1 Å². The highest BCUT2D eigenvalue weighted by Crippen LogP contribution is 2.15. The van der Waals surface area contributed by atoms with E-state index in [1.165, 1.54) is 10.3 Å². The summed E-state index contributed by atoms with van der Waals surface area (Å²) in [6, 6.07) is 16.9. The Balaban J connectivity index is 1.91. The second-order valence-corrected chi connectivity index (χ2v) is 4.06. The minimum atomic E-state index is -0.358. The Hall–Kier alpha value is -2.47. The number of nitrogens with zero attached hydrogens (tertiary/aromatic N) is 1. The van der Waals surface area contributed by atoms with Gasteiger partial charge >= 0.3 is 6.09 Å². The zero-order valence-electron chi connectivity index (χ0n) is 9.72. The molecule has 0 N–H and O–H groups in total. The lowest BCUT2D eigenvalue weighted by molar-refractivity contribution is 0.167. The van der Waals surface area contributed by atoms with Crippen molar-refractivity contribution in [3.63, 3.8) is 0 Å². The fourth-order valence-electron chi connectivity index (χ4n) is 1.89. The van der Waals surface area contributed by atoms with Crippen molar-refractivity contribution in [1.82, 2.24) is 4.90 Å². The van der Waals surface area contributed by atoms with Crippen molar-refractivity contribution in [3.05, 3.63) is 48.0 Å². The van der Waals surface area contributed by atoms with Gasteiger partial charge in [0.15, 0.2) is 0 Å². The number of carbonyl (C=O) groups excluding carboxylic acids is 1. The van der Waals surface area contributed by atoms with Crippen LogP contribution in [0.5, 0.6) is 0 Å². The fourth-order valence-corrected chi connectivity index (χ4v) is 1.89. The molecular weight excluding hydrogens is 226 g/mol. The minimum absolute atomic E-state index is 0.358. The molecule has 0 radical (unpaired) electrons. The summed E-state index contributed by atoms with van der Waals surface area (Å²) >= 11 is 0. The summed E-state index contributed by atoms with van der Waals surface area (Å²) in [4.78, 5) is 12.6. The third-order valence-electron chi connectivity index (χ3n) is 2.85. The summed E-state index contributed by atoms with van der Waals surface area (Å²) in [5.41, 5.74) is 0.897. The van der Waals surface area contributed by atoms with Crippen LogP contribution in [0.25, 0.3) is 10.8 Å². The first-order chi connectivity index (χ1) is 8.83. The van der Waals surface area contributed by atoms with Crippen LogP contribution in [0.1, 0.15) is 5.56 Å². The van der Waals surface area contributed by atoms with Crippen molar-refractivity contribution in [3.8, 4) is 12.0 Å². The van der Waals surface area contributed by atoms with Gasteiger partial charge in [0, 0.05) is 11.6 Å². The van der Waals surface area contributed by atoms with E-state index in [1.54, 1.807) is 0 Å². The standard InChI is InChI=1S/C15H11NO2/c17-15-16(9-10-18-15)8-7-12-5-6-13-3-1-2-4-14(13)11-12/h1-6,11H,9-10H2. The highest BCUT2D eigenvalue weighted by Gasteiger charge is 2.19. The molecule has 1 aliphatic rings. The molecule has 1 saturated heterocycles. The van der Waals surface area contributed by atoms with Gasteiger partial charge in [-0.15, -0.1) is 0 Å². The third kappa shape index (κ3) is 2.01. The number of cyclic esters (lactones) is 1. The second kappa shape index (κ2) is 4.42. The molecule has 2 aromatic rings. The van der Waals surface area contributed by atoms with Crippen LogP contribution >= 0.6 is 0 Å². The van der Waals surface area contributed by atoms with Crippen LogP contribution in [0.15, 0.2) is 42.5 Å². The minimum Gasteiger partial charge on any atom is -0.447 e. The summed E-state index contributed by atoms with van der Waals surface area (Å²) in [7, 11) is 0. The Bertz CT molecular complexity index is 667. The van der Waals surface area contributed by atoms with E-state index < -0.39 is 0 Å². The highest BCUT2D eigenvalue weighted by atomic mass is 16.6. The quantitative estimate of drug-likeness (QED) is 0.659. The predicted octanol–water partition coefficient (Wildman–Crippen LogP) is 2.60. The van der Waals surface area contributed by atoms with E-state index in [1.807, 2.05) is 36.4 Å². The number of carbonyl (C=O) groups is 1. The first-order valence-electron chi connectivity index (χ1n) is 5.78. The molecule has 18 heavy (non-hydrogen) atoms. The zero-order valence-corrected chi connectivity index (χ0v) is 9.72. The van der Waals surface area contributed by atoms with Crippen LogP contribution in [0.3, 0.4) is 0 Å². The molecule has 0 atom stereocenters. The summed E-state index contributed by atoms with van der Waals surface area (Å²) in [6.07, 6.45) is -0.358. The van der Waals surface area contributed by atoms with Crippen molar-refractivity contribution in [2.24, 2.45) is 0 Å². The lowest BCUT2D eigenvalue weighted by atomic mass is 10.1. The topological polar surface area (TPSA) is 29.5 Å². The molecule has 0 aliphatic carbocycles. The Labute approximate surface area is 105 Å². The zero-order chi connectivity index (χ0) is 12.4. The molecule has 3 rings (SSSR count). The van der Waals surface area contributed by atoms with E-state index in [2.05, 4.69) is 18.0 Å². The molecular formula is C15H11NO2. The lowest BCUT2D eigenvalue weighted by Gasteiger charge is -2.00. The summed E-state index contributed by atoms with van der Waals surface area (Å²) in [6.45, 7) is 0.963. The van der Waals surface area contributed by atoms with E-state index in [0.717, 1.165) is 10.9 Å². The van der Waals surface area contributed by atoms with Crippen molar-refractivity contribution in [2.45, 2.75) is 0 Å². The summed E-state index contributed by atoms with van der Waals surface area (Å²) < 4.78 is 4.81. The highest BCUT2D eigenvalue weighted by molar-refractivity contribution is 5.83. The van der Waals surface area contributed by atoms with Gasteiger partial charge in [0.05, 0.1) is 6.54 Å². The normalized spacial score (nSPS) is 14.2. The monoisotopic (exact) mass is 237 g/mol. The SMILES string of the molecule is O=C1OCCN1C#Cc1ccc2ccccc2c1. The molecule has 3 nitrogen and oxygen atoms in total. The molecule has 0 saturated carbocycles. The fraction of sp³-hybridized carbons (Fsp3) is 0.133. The number of benzene rings is 2. The molecule has 2 aromatic carbocycles. The Morgan fingerprint density at radius 3 is 2.72 bits per heavy atom. The van der Waals surface area contributed by atoms with Crippen LogP contribution in [0.4, 0.5) is 4.79 Å². The molecule has 88 valence electrons. The first kappa shape index (κ1) is 10.7. The van der Waals surface area contributed by atoms with Gasteiger partial charge < -0.3 is 4.74 Å². The predicted molar refractivity (Wildman–Crippen MR) is 68.9 cm³/mol. The van der Waals surface area contributed by atoms with E-state index >= 15 is 0 Å². The molecule has 1 heterocycles. The molecule has 0 spiro atoms. The van der Waals surface area contributed by atoms with Gasteiger partial charge in [-0.2, -0.15) is 0 Å². The van der Waals surface area contributed by atoms with E-state index in [0.29, 0.717) is 13.2 Å². The number of hydrogen-bond donors (Lipinski definition) is 0. The Morgan fingerprint density at radius 2 is 1.94 bits per heavy atom. The smallest absolute Gasteiger partial charge is 0.421 e. The molecule has 0 bridgehead atoms. The number of fused-ring (bicyclic) bond motifs is 1. The van der Waals surface area contributed by atoms with E-state index in [-0.39, 0.29) is 6.09 Å². The average Bonchev–Trinajstić information content (AvgIpc) is 2.82. The largest absolute Gasteiger partial charge is 0.447 e. The van der Waals surface area contributed by atoms with Crippen molar-refractivity contribution in [1.29, 1.82) is 0 Å². The molecule has 0 unspecified atom stereocenters. The molecule has 1 amide bonds. The van der Waals surface area contributed by atoms with Gasteiger partial charge in [-0.1, -0.05) is 30.3 Å². The number of ether oxygens (including phenoxy) is 1. The van der Waals surface area contributed by atoms with Crippen LogP contribution in [0.2, 0.25) is 0 Å². The third-order valence-corrected chi connectivity index (χ3v) is 2.85. The maximum absolute atomic E-state index is 11.2. The van der Waals surface area contributed by atoms with Gasteiger partial charge in [0.1, 0.15) is 6.61 Å². The van der Waals surface area contributed by atoms with Crippen molar-refractivity contribution >= 4 is 16.9 Å². The van der Waals surface area contributed by atoms with Gasteiger partial charge in [0.2, 0.25) is 0 Å². The van der Waals surface area contributed by atoms with Gasteiger partial charge in [0.25, 0.3) is 0 Å². The van der Waals surface area contributed by atoms with E-state index in [9.17, 15) is 4.79 Å². The maximum atomic E-state index is 11.2. The lowest BCUT2D eigenvalue weighted by Crippen LogP contribution is -2.17. The maximum Gasteiger partial charge on any atom is 0.421 e. The van der Waals surface area contributed by atoms with Gasteiger partial charge in [-0.3, -0.25) is 0 Å². The van der Waals surface area contributed by atoms with Crippen LogP contribution < -0.4 is 0 Å². The number of rotatable bonds is 0. The van der Waals surface area contributed by atoms with Crippen LogP contribution in [0, 0.1) is 12.0 Å².